The van der Waals surface area contributed by atoms with Gasteiger partial charge in [0.1, 0.15) is 0 Å². The molecule has 0 aromatic heterocycles. The van der Waals surface area contributed by atoms with E-state index in [2.05, 4.69) is 4.99 Å². The first kappa shape index (κ1) is 11.8. The van der Waals surface area contributed by atoms with Gasteiger partial charge in [0.25, 0.3) is 0 Å². The van der Waals surface area contributed by atoms with Gasteiger partial charge in [0.05, 0.1) is 6.61 Å². The Labute approximate surface area is 78.0 Å². The van der Waals surface area contributed by atoms with E-state index in [1.165, 1.54) is 6.08 Å². The molecule has 13 heavy (non-hydrogen) atoms. The summed E-state index contributed by atoms with van der Waals surface area (Å²) in [6.45, 7) is 5.51. The van der Waals surface area contributed by atoms with Crippen LogP contribution in [0.15, 0.2) is 4.99 Å². The van der Waals surface area contributed by atoms with Crippen molar-refractivity contribution in [2.75, 3.05) is 6.61 Å². The van der Waals surface area contributed by atoms with E-state index < -0.39 is 11.5 Å². The van der Waals surface area contributed by atoms with Crippen LogP contribution in [0.1, 0.15) is 33.6 Å². The van der Waals surface area contributed by atoms with Crippen molar-refractivity contribution in [2.45, 2.75) is 39.2 Å². The fourth-order valence-corrected chi connectivity index (χ4v) is 1.08. The maximum absolute atomic E-state index is 11.4. The molecule has 0 aromatic carbocycles. The van der Waals surface area contributed by atoms with Crippen LogP contribution in [0.3, 0.4) is 0 Å². The number of aliphatic imine (C=N–C) groups is 1. The number of nitrogens with zero attached hydrogens (tertiary/aromatic N) is 1. The lowest BCUT2D eigenvalue weighted by molar-refractivity contribution is -0.149. The first-order valence-corrected chi connectivity index (χ1v) is 4.37. The molecule has 0 spiro atoms. The minimum atomic E-state index is -1.05. The summed E-state index contributed by atoms with van der Waals surface area (Å²) in [6.07, 6.45) is 2.67. The van der Waals surface area contributed by atoms with Gasteiger partial charge < -0.3 is 4.74 Å². The van der Waals surface area contributed by atoms with E-state index in [9.17, 15) is 9.59 Å². The Morgan fingerprint density at radius 2 is 2.15 bits per heavy atom. The summed E-state index contributed by atoms with van der Waals surface area (Å²) in [5, 5.41) is 0. The van der Waals surface area contributed by atoms with E-state index in [0.29, 0.717) is 13.0 Å². The van der Waals surface area contributed by atoms with Crippen LogP contribution in [0, 0.1) is 0 Å². The molecule has 0 aromatic rings. The lowest BCUT2D eigenvalue weighted by Gasteiger charge is -2.19. The van der Waals surface area contributed by atoms with Crippen molar-refractivity contribution in [1.29, 1.82) is 0 Å². The normalized spacial score (nSPS) is 14.1. The summed E-state index contributed by atoms with van der Waals surface area (Å²) < 4.78 is 4.80. The zero-order chi connectivity index (χ0) is 10.3. The molecule has 0 saturated heterocycles. The van der Waals surface area contributed by atoms with Crippen molar-refractivity contribution < 1.29 is 14.3 Å². The van der Waals surface area contributed by atoms with Crippen LogP contribution in [0.2, 0.25) is 0 Å². The summed E-state index contributed by atoms with van der Waals surface area (Å²) in [5.74, 6) is -0.458. The molecule has 0 aliphatic carbocycles. The number of hydrogen-bond acceptors (Lipinski definition) is 4. The number of ether oxygens (including phenoxy) is 1. The zero-order valence-corrected chi connectivity index (χ0v) is 8.29. The van der Waals surface area contributed by atoms with Crippen molar-refractivity contribution in [3.63, 3.8) is 0 Å². The second-order valence-electron chi connectivity index (χ2n) is 2.95. The monoisotopic (exact) mass is 185 g/mol. The lowest BCUT2D eigenvalue weighted by atomic mass is 9.97. The quantitative estimate of drug-likeness (QED) is 0.370. The topological polar surface area (TPSA) is 55.7 Å². The van der Waals surface area contributed by atoms with Crippen LogP contribution in [0.25, 0.3) is 0 Å². The molecule has 0 radical (unpaired) electrons. The van der Waals surface area contributed by atoms with E-state index in [-0.39, 0.29) is 0 Å². The molecule has 0 aliphatic rings. The molecule has 0 aliphatic heterocycles. The van der Waals surface area contributed by atoms with Gasteiger partial charge in [-0.1, -0.05) is 13.3 Å². The van der Waals surface area contributed by atoms with Gasteiger partial charge >= 0.3 is 5.97 Å². The lowest BCUT2D eigenvalue weighted by Crippen LogP contribution is -2.34. The molecule has 1 unspecified atom stereocenters. The van der Waals surface area contributed by atoms with E-state index in [4.69, 9.17) is 4.74 Å². The van der Waals surface area contributed by atoms with Gasteiger partial charge in [-0.3, -0.25) is 0 Å². The predicted octanol–water partition coefficient (Wildman–Crippen LogP) is 1.44. The first-order valence-electron chi connectivity index (χ1n) is 4.37. The van der Waals surface area contributed by atoms with Crippen LogP contribution in [0.5, 0.6) is 0 Å². The number of isocyanates is 1. The average molecular weight is 185 g/mol. The van der Waals surface area contributed by atoms with Gasteiger partial charge in [0.2, 0.25) is 6.08 Å². The van der Waals surface area contributed by atoms with E-state index >= 15 is 0 Å². The summed E-state index contributed by atoms with van der Waals surface area (Å²) in [7, 11) is 0. The van der Waals surface area contributed by atoms with E-state index in [0.717, 1.165) is 6.42 Å². The second kappa shape index (κ2) is 5.49. The van der Waals surface area contributed by atoms with Crippen molar-refractivity contribution in [3.8, 4) is 0 Å². The molecule has 74 valence electrons. The van der Waals surface area contributed by atoms with E-state index in [1.807, 2.05) is 6.92 Å². The molecule has 0 fully saturated rings. The molecule has 0 rings (SSSR count). The van der Waals surface area contributed by atoms with Crippen LogP contribution >= 0.6 is 0 Å². The maximum atomic E-state index is 11.4. The Balaban J connectivity index is 4.56. The average Bonchev–Trinajstić information content (AvgIpc) is 2.05. The molecule has 4 heteroatoms. The minimum Gasteiger partial charge on any atom is -0.464 e. The third kappa shape index (κ3) is 3.38. The van der Waals surface area contributed by atoms with Gasteiger partial charge in [-0.2, -0.15) is 4.99 Å². The third-order valence-electron chi connectivity index (χ3n) is 1.74. The third-order valence-corrected chi connectivity index (χ3v) is 1.74. The zero-order valence-electron chi connectivity index (χ0n) is 8.29. The maximum Gasteiger partial charge on any atom is 0.334 e. The summed E-state index contributed by atoms with van der Waals surface area (Å²) >= 11 is 0. The number of rotatable bonds is 5. The highest BCUT2D eigenvalue weighted by molar-refractivity contribution is 5.81. The van der Waals surface area contributed by atoms with Gasteiger partial charge in [-0.05, 0) is 20.3 Å². The molecule has 0 heterocycles. The molecular weight excluding hydrogens is 170 g/mol. The van der Waals surface area contributed by atoms with Gasteiger partial charge in [-0.15, -0.1) is 0 Å². The fourth-order valence-electron chi connectivity index (χ4n) is 1.08. The van der Waals surface area contributed by atoms with Gasteiger partial charge in [-0.25, -0.2) is 9.59 Å². The van der Waals surface area contributed by atoms with Crippen LogP contribution in [-0.2, 0) is 14.3 Å². The Hall–Kier alpha value is -1.15. The number of carbonyl (C=O) groups is 1. The second-order valence-corrected chi connectivity index (χ2v) is 2.95. The standard InChI is InChI=1S/C9H15NO3/c1-4-6-9(3,10-7-11)8(12)13-5-2/h4-6H2,1-3H3. The smallest absolute Gasteiger partial charge is 0.334 e. The molecule has 4 nitrogen and oxygen atoms in total. The summed E-state index contributed by atoms with van der Waals surface area (Å²) in [4.78, 5) is 24.9. The molecule has 0 N–H and O–H groups in total. The Kier molecular flexibility index (Phi) is 5.00. The van der Waals surface area contributed by atoms with Gasteiger partial charge in [0.15, 0.2) is 5.54 Å². The van der Waals surface area contributed by atoms with E-state index in [1.54, 1.807) is 13.8 Å². The minimum absolute atomic E-state index is 0.298. The predicted molar refractivity (Wildman–Crippen MR) is 48.1 cm³/mol. The van der Waals surface area contributed by atoms with Crippen molar-refractivity contribution in [1.82, 2.24) is 0 Å². The van der Waals surface area contributed by atoms with Crippen molar-refractivity contribution >= 4 is 12.0 Å². The van der Waals surface area contributed by atoms with Crippen molar-refractivity contribution in [2.24, 2.45) is 4.99 Å². The summed E-state index contributed by atoms with van der Waals surface area (Å²) in [5.41, 5.74) is -1.05. The molecule has 1 atom stereocenters. The Morgan fingerprint density at radius 3 is 2.54 bits per heavy atom. The van der Waals surface area contributed by atoms with Crippen LogP contribution in [0.4, 0.5) is 0 Å². The SMILES string of the molecule is CCCC(C)(N=C=O)C(=O)OCC. The highest BCUT2D eigenvalue weighted by Crippen LogP contribution is 2.18. The molecule has 0 amide bonds. The highest BCUT2D eigenvalue weighted by Gasteiger charge is 2.33. The molecular formula is C9H15NO3. The van der Waals surface area contributed by atoms with Crippen LogP contribution in [-0.4, -0.2) is 24.2 Å². The Bertz CT molecular complexity index is 221. The van der Waals surface area contributed by atoms with Gasteiger partial charge in [0, 0.05) is 0 Å². The molecule has 0 bridgehead atoms. The summed E-state index contributed by atoms with van der Waals surface area (Å²) in [6, 6.07) is 0. The first-order chi connectivity index (χ1) is 6.10. The number of esters is 1. The van der Waals surface area contributed by atoms with Crippen molar-refractivity contribution in [3.05, 3.63) is 0 Å². The Morgan fingerprint density at radius 1 is 1.54 bits per heavy atom. The number of carbonyl (C=O) groups excluding carboxylic acids is 2. The largest absolute Gasteiger partial charge is 0.464 e. The molecule has 0 saturated carbocycles. The fraction of sp³-hybridized carbons (Fsp3) is 0.778. The number of hydrogen-bond donors (Lipinski definition) is 0. The highest BCUT2D eigenvalue weighted by atomic mass is 16.5. The van der Waals surface area contributed by atoms with Crippen LogP contribution < -0.4 is 0 Å².